The predicted molar refractivity (Wildman–Crippen MR) is 110 cm³/mol. The lowest BCUT2D eigenvalue weighted by Crippen LogP contribution is -2.15. The van der Waals surface area contributed by atoms with Crippen LogP contribution in [-0.4, -0.2) is 31.6 Å². The molecule has 9 heteroatoms. The molecule has 2 aromatic heterocycles. The highest BCUT2D eigenvalue weighted by Crippen LogP contribution is 2.44. The van der Waals surface area contributed by atoms with Gasteiger partial charge in [0.25, 0.3) is 5.91 Å². The van der Waals surface area contributed by atoms with E-state index in [9.17, 15) is 4.79 Å². The summed E-state index contributed by atoms with van der Waals surface area (Å²) in [5.41, 5.74) is 3.45. The van der Waals surface area contributed by atoms with Gasteiger partial charge in [-0.25, -0.2) is 9.78 Å². The van der Waals surface area contributed by atoms with E-state index in [0.29, 0.717) is 0 Å². The highest BCUT2D eigenvalue weighted by atomic mass is 32.1. The number of carbonyl (C=O) groups excluding carboxylic acids is 1. The van der Waals surface area contributed by atoms with Crippen LogP contribution in [0, 0.1) is 6.92 Å². The Morgan fingerprint density at radius 1 is 1.11 bits per heavy atom. The highest BCUT2D eigenvalue weighted by molar-refractivity contribution is 7.18. The normalized spacial score (nSPS) is 15.7. The number of nitrogens with zero attached hydrogens (tertiary/aromatic N) is 2. The van der Waals surface area contributed by atoms with Gasteiger partial charge in [0.1, 0.15) is 15.8 Å². The molecule has 3 N–H and O–H groups in total. The Balaban J connectivity index is 0.000000516. The van der Waals surface area contributed by atoms with Crippen LogP contribution in [0.4, 0.5) is 9.80 Å². The number of carbonyl (C=O) groups is 2. The van der Waals surface area contributed by atoms with E-state index < -0.39 is 6.16 Å². The van der Waals surface area contributed by atoms with E-state index in [1.165, 1.54) is 41.2 Å². The average molecular weight is 422 g/mol. The molecule has 0 saturated heterocycles. The second-order valence-corrected chi connectivity index (χ2v) is 8.63. The summed E-state index contributed by atoms with van der Waals surface area (Å²) in [4.78, 5) is 27.2. The number of fused-ring (bicyclic) bond motifs is 1. The first-order chi connectivity index (χ1) is 13.5. The maximum Gasteiger partial charge on any atom is 0.503 e. The lowest BCUT2D eigenvalue weighted by Gasteiger charge is -2.13. The van der Waals surface area contributed by atoms with Crippen LogP contribution in [0.1, 0.15) is 54.8 Å². The lowest BCUT2D eigenvalue weighted by atomic mass is 9.95. The van der Waals surface area contributed by atoms with Crippen LogP contribution in [0.2, 0.25) is 0 Å². The minimum Gasteiger partial charge on any atom is -0.450 e. The van der Waals surface area contributed by atoms with Gasteiger partial charge in [-0.05, 0) is 75.4 Å². The number of anilines is 1. The van der Waals surface area contributed by atoms with E-state index in [2.05, 4.69) is 20.8 Å². The Morgan fingerprint density at radius 3 is 2.46 bits per heavy atom. The highest BCUT2D eigenvalue weighted by Gasteiger charge is 2.25. The zero-order chi connectivity index (χ0) is 20.1. The number of nitrogens with one attached hydrogen (secondary N) is 1. The molecule has 0 aliphatic heterocycles. The van der Waals surface area contributed by atoms with Crippen LogP contribution in [-0.2, 0) is 17.6 Å². The van der Waals surface area contributed by atoms with Gasteiger partial charge in [0, 0.05) is 10.5 Å². The zero-order valence-corrected chi connectivity index (χ0v) is 17.3. The summed E-state index contributed by atoms with van der Waals surface area (Å²) in [6.07, 6.45) is 9.13. The molecule has 28 heavy (non-hydrogen) atoms. The van der Waals surface area contributed by atoms with Gasteiger partial charge in [0.2, 0.25) is 0 Å². The van der Waals surface area contributed by atoms with E-state index in [4.69, 9.17) is 15.0 Å². The van der Waals surface area contributed by atoms with Crippen molar-refractivity contribution in [3.8, 4) is 10.6 Å². The SMILES string of the molecule is Cc1nsc(-c2c(NC(=O)C3=CCCCC3)sc3c2CCCC3)n1.O=C(O)O. The third-order valence-electron chi connectivity index (χ3n) is 4.72. The molecule has 0 atom stereocenters. The van der Waals surface area contributed by atoms with Crippen molar-refractivity contribution in [3.63, 3.8) is 0 Å². The Bertz CT molecular complexity index is 897. The van der Waals surface area contributed by atoms with Crippen LogP contribution in [0.25, 0.3) is 10.6 Å². The van der Waals surface area contributed by atoms with Crippen molar-refractivity contribution in [1.29, 1.82) is 0 Å². The Morgan fingerprint density at radius 2 is 1.82 bits per heavy atom. The molecule has 0 spiro atoms. The van der Waals surface area contributed by atoms with Gasteiger partial charge in [-0.3, -0.25) is 4.79 Å². The predicted octanol–water partition coefficient (Wildman–Crippen LogP) is 5.12. The summed E-state index contributed by atoms with van der Waals surface area (Å²) >= 11 is 3.17. The first-order valence-corrected chi connectivity index (χ1v) is 10.9. The van der Waals surface area contributed by atoms with Gasteiger partial charge in [-0.1, -0.05) is 6.08 Å². The molecule has 4 rings (SSSR count). The molecule has 2 aliphatic carbocycles. The van der Waals surface area contributed by atoms with Crippen molar-refractivity contribution in [2.45, 2.75) is 58.3 Å². The third-order valence-corrected chi connectivity index (χ3v) is 6.75. The summed E-state index contributed by atoms with van der Waals surface area (Å²) in [6.45, 7) is 1.92. The number of carboxylic acid groups (broad SMARTS) is 2. The van der Waals surface area contributed by atoms with Gasteiger partial charge >= 0.3 is 6.16 Å². The zero-order valence-electron chi connectivity index (χ0n) is 15.7. The van der Waals surface area contributed by atoms with Gasteiger partial charge in [-0.15, -0.1) is 11.3 Å². The van der Waals surface area contributed by atoms with Crippen LogP contribution < -0.4 is 5.32 Å². The van der Waals surface area contributed by atoms with Crippen LogP contribution >= 0.6 is 22.9 Å². The Kier molecular flexibility index (Phi) is 6.79. The topological polar surface area (TPSA) is 112 Å². The monoisotopic (exact) mass is 421 g/mol. The standard InChI is InChI=1S/C18H21N3OS2.CH2O3/c1-11-19-18(24-21-11)15-13-9-5-6-10-14(13)23-17(15)20-16(22)12-7-3-2-4-8-12;2-1(3)4/h7H,2-6,8-10H2,1H3,(H,20,22);(H2,2,3,4). The lowest BCUT2D eigenvalue weighted by molar-refractivity contribution is -0.113. The van der Waals surface area contributed by atoms with Gasteiger partial charge in [-0.2, -0.15) is 4.37 Å². The maximum atomic E-state index is 12.7. The number of hydrogen-bond acceptors (Lipinski definition) is 6. The quantitative estimate of drug-likeness (QED) is 0.634. The van der Waals surface area contributed by atoms with Crippen LogP contribution in [0.15, 0.2) is 11.6 Å². The number of allylic oxidation sites excluding steroid dienone is 1. The molecular formula is C19H23N3O4S2. The fraction of sp³-hybridized carbons (Fsp3) is 0.474. The Hall–Kier alpha value is -2.26. The molecule has 0 radical (unpaired) electrons. The van der Waals surface area contributed by atoms with E-state index in [-0.39, 0.29) is 5.91 Å². The minimum absolute atomic E-state index is 0.0655. The Labute approximate surface area is 171 Å². The minimum atomic E-state index is -1.83. The smallest absolute Gasteiger partial charge is 0.450 e. The molecule has 7 nitrogen and oxygen atoms in total. The van der Waals surface area contributed by atoms with Crippen LogP contribution in [0.3, 0.4) is 0 Å². The summed E-state index contributed by atoms with van der Waals surface area (Å²) in [6, 6.07) is 0. The largest absolute Gasteiger partial charge is 0.503 e. The first-order valence-electron chi connectivity index (χ1n) is 9.33. The average Bonchev–Trinajstić information content (AvgIpc) is 3.24. The second kappa shape index (κ2) is 9.29. The third kappa shape index (κ3) is 4.96. The number of amides is 1. The molecule has 2 aliphatic rings. The molecule has 1 amide bonds. The molecule has 0 aromatic carbocycles. The van der Waals surface area contributed by atoms with Crippen molar-refractivity contribution in [3.05, 3.63) is 27.9 Å². The molecular weight excluding hydrogens is 398 g/mol. The summed E-state index contributed by atoms with van der Waals surface area (Å²) < 4.78 is 4.34. The molecule has 150 valence electrons. The number of aromatic nitrogens is 2. The number of thiophene rings is 1. The first kappa shape index (κ1) is 20.5. The van der Waals surface area contributed by atoms with Crippen molar-refractivity contribution in [2.24, 2.45) is 0 Å². The number of aryl methyl sites for hydroxylation is 2. The van der Waals surface area contributed by atoms with E-state index in [1.807, 2.05) is 6.92 Å². The molecule has 0 bridgehead atoms. The van der Waals surface area contributed by atoms with Crippen molar-refractivity contribution >= 4 is 39.9 Å². The van der Waals surface area contributed by atoms with Crippen molar-refractivity contribution < 1.29 is 19.8 Å². The molecule has 2 heterocycles. The van der Waals surface area contributed by atoms with Crippen LogP contribution in [0.5, 0.6) is 0 Å². The van der Waals surface area contributed by atoms with Crippen molar-refractivity contribution in [2.75, 3.05) is 5.32 Å². The molecule has 0 unspecified atom stereocenters. The summed E-state index contributed by atoms with van der Waals surface area (Å²) in [5.74, 6) is 0.869. The number of rotatable bonds is 3. The van der Waals surface area contributed by atoms with Gasteiger partial charge in [0.15, 0.2) is 0 Å². The maximum absolute atomic E-state index is 12.7. The van der Waals surface area contributed by atoms with Gasteiger partial charge < -0.3 is 15.5 Å². The fourth-order valence-electron chi connectivity index (χ4n) is 3.51. The van der Waals surface area contributed by atoms with E-state index in [0.717, 1.165) is 59.1 Å². The molecule has 0 fully saturated rings. The van der Waals surface area contributed by atoms with Crippen molar-refractivity contribution in [1.82, 2.24) is 9.36 Å². The fourth-order valence-corrected chi connectivity index (χ4v) is 5.61. The molecule has 2 aromatic rings. The molecule has 0 saturated carbocycles. The number of hydrogen-bond donors (Lipinski definition) is 3. The second-order valence-electron chi connectivity index (χ2n) is 6.77. The summed E-state index contributed by atoms with van der Waals surface area (Å²) in [5, 5.41) is 19.1. The van der Waals surface area contributed by atoms with E-state index >= 15 is 0 Å². The summed E-state index contributed by atoms with van der Waals surface area (Å²) in [7, 11) is 0. The van der Waals surface area contributed by atoms with Gasteiger partial charge in [0.05, 0.1) is 5.56 Å². The van der Waals surface area contributed by atoms with E-state index in [1.54, 1.807) is 11.3 Å².